The van der Waals surface area contributed by atoms with Gasteiger partial charge in [-0.05, 0) is 68.1 Å². The van der Waals surface area contributed by atoms with Gasteiger partial charge in [0.2, 0.25) is 0 Å². The summed E-state index contributed by atoms with van der Waals surface area (Å²) in [5, 5.41) is 0. The molecule has 0 N–H and O–H groups in total. The Labute approximate surface area is 207 Å². The van der Waals surface area contributed by atoms with Crippen molar-refractivity contribution in [2.24, 2.45) is 34.5 Å². The highest BCUT2D eigenvalue weighted by atomic mass is 16.6. The number of fused-ring (bicyclic) bond motifs is 5. The fourth-order valence-electron chi connectivity index (χ4n) is 8.51. The fraction of sp³-hybridized carbons (Fsp3) is 0.852. The molecule has 10 atom stereocenters. The normalized spacial score (nSPS) is 44.2. The van der Waals surface area contributed by atoms with Gasteiger partial charge in [0, 0.05) is 39.0 Å². The van der Waals surface area contributed by atoms with Gasteiger partial charge in [-0.15, -0.1) is 0 Å². The quantitative estimate of drug-likeness (QED) is 0.429. The molecule has 4 saturated carbocycles. The van der Waals surface area contributed by atoms with Crippen molar-refractivity contribution in [3.8, 4) is 0 Å². The SMILES string of the molecule is CC(=O)O[C@@H]1CC[C@@]2(C)[C@@H](C1)C[C@@H](OC(C)=O)[C@@H]1[C@@H]2C[C@H](OC(C)=O)[C@]2(C)[C@@H](OC(C)=O)CC[C@@H]12. The summed E-state index contributed by atoms with van der Waals surface area (Å²) in [5.74, 6) is -0.684. The van der Waals surface area contributed by atoms with Gasteiger partial charge < -0.3 is 18.9 Å². The van der Waals surface area contributed by atoms with Crippen LogP contribution in [0.4, 0.5) is 0 Å². The first-order valence-corrected chi connectivity index (χ1v) is 13.0. The largest absolute Gasteiger partial charge is 0.463 e. The first-order chi connectivity index (χ1) is 16.4. The van der Waals surface area contributed by atoms with Crippen LogP contribution < -0.4 is 0 Å². The lowest BCUT2D eigenvalue weighted by Gasteiger charge is -2.63. The highest BCUT2D eigenvalue weighted by Gasteiger charge is 2.68. The molecule has 4 aliphatic rings. The molecule has 0 spiro atoms. The van der Waals surface area contributed by atoms with Crippen molar-refractivity contribution < 1.29 is 38.1 Å². The molecule has 0 unspecified atom stereocenters. The van der Waals surface area contributed by atoms with Gasteiger partial charge in [-0.2, -0.15) is 0 Å². The van der Waals surface area contributed by atoms with E-state index in [1.165, 1.54) is 27.7 Å². The molecule has 8 nitrogen and oxygen atoms in total. The van der Waals surface area contributed by atoms with Gasteiger partial charge in [-0.3, -0.25) is 19.2 Å². The highest BCUT2D eigenvalue weighted by Crippen LogP contribution is 2.67. The molecule has 8 heteroatoms. The Morgan fingerprint density at radius 2 is 1.26 bits per heavy atom. The second kappa shape index (κ2) is 9.40. The zero-order valence-corrected chi connectivity index (χ0v) is 21.8. The molecule has 0 aromatic heterocycles. The third-order valence-electron chi connectivity index (χ3n) is 9.87. The topological polar surface area (TPSA) is 105 Å². The van der Waals surface area contributed by atoms with Crippen molar-refractivity contribution in [2.75, 3.05) is 0 Å². The van der Waals surface area contributed by atoms with E-state index in [2.05, 4.69) is 13.8 Å². The lowest BCUT2D eigenvalue weighted by atomic mass is 9.43. The van der Waals surface area contributed by atoms with Crippen molar-refractivity contribution in [3.63, 3.8) is 0 Å². The summed E-state index contributed by atoms with van der Waals surface area (Å²) in [7, 11) is 0. The van der Waals surface area contributed by atoms with Crippen molar-refractivity contribution in [1.82, 2.24) is 0 Å². The van der Waals surface area contributed by atoms with Crippen LogP contribution in [0.15, 0.2) is 0 Å². The molecule has 0 radical (unpaired) electrons. The molecule has 0 aliphatic heterocycles. The molecule has 0 bridgehead atoms. The zero-order chi connectivity index (χ0) is 25.7. The zero-order valence-electron chi connectivity index (χ0n) is 21.8. The van der Waals surface area contributed by atoms with Gasteiger partial charge in [0.15, 0.2) is 0 Å². The standard InChI is InChI=1S/C27H40O8/c1-14(28)32-19-9-10-26(5)18(11-19)12-22(33-15(2)29)25-20-7-8-23(34-16(3)30)27(20,6)24(13-21(25)26)35-17(4)31/h18-25H,7-13H2,1-6H3/t18-,19+,20-,21-,22+,23-,24-,25-,26-,27-/m0/s1. The number of hydrogen-bond donors (Lipinski definition) is 0. The molecule has 0 amide bonds. The Bertz CT molecular complexity index is 884. The van der Waals surface area contributed by atoms with Crippen LogP contribution in [-0.4, -0.2) is 48.3 Å². The Morgan fingerprint density at radius 1 is 0.657 bits per heavy atom. The van der Waals surface area contributed by atoms with Crippen molar-refractivity contribution in [3.05, 3.63) is 0 Å². The van der Waals surface area contributed by atoms with Crippen LogP contribution in [0.2, 0.25) is 0 Å². The Morgan fingerprint density at radius 3 is 1.86 bits per heavy atom. The highest BCUT2D eigenvalue weighted by molar-refractivity contribution is 5.67. The van der Waals surface area contributed by atoms with Crippen LogP contribution in [0.3, 0.4) is 0 Å². The van der Waals surface area contributed by atoms with Gasteiger partial charge in [0.25, 0.3) is 0 Å². The molecular weight excluding hydrogens is 452 g/mol. The van der Waals surface area contributed by atoms with Crippen LogP contribution in [0.25, 0.3) is 0 Å². The minimum absolute atomic E-state index is 0.0583. The van der Waals surface area contributed by atoms with Crippen LogP contribution >= 0.6 is 0 Å². The summed E-state index contributed by atoms with van der Waals surface area (Å²) >= 11 is 0. The minimum atomic E-state index is -0.547. The predicted molar refractivity (Wildman–Crippen MR) is 125 cm³/mol. The molecule has 0 aromatic carbocycles. The molecular formula is C27H40O8. The Kier molecular flexibility index (Phi) is 6.97. The van der Waals surface area contributed by atoms with E-state index in [-0.39, 0.29) is 71.3 Å². The summed E-state index contributed by atoms with van der Waals surface area (Å²) in [6.45, 7) is 10.1. The number of esters is 4. The molecule has 4 fully saturated rings. The van der Waals surface area contributed by atoms with E-state index in [0.717, 1.165) is 32.1 Å². The minimum Gasteiger partial charge on any atom is -0.463 e. The molecule has 0 heterocycles. The van der Waals surface area contributed by atoms with Crippen LogP contribution in [-0.2, 0) is 38.1 Å². The summed E-state index contributed by atoms with van der Waals surface area (Å²) in [4.78, 5) is 48.0. The fourth-order valence-corrected chi connectivity index (χ4v) is 8.51. The van der Waals surface area contributed by atoms with E-state index >= 15 is 0 Å². The monoisotopic (exact) mass is 492 g/mol. The third kappa shape index (κ3) is 4.57. The Hall–Kier alpha value is -2.12. The van der Waals surface area contributed by atoms with Crippen molar-refractivity contribution in [1.29, 1.82) is 0 Å². The maximum Gasteiger partial charge on any atom is 0.302 e. The van der Waals surface area contributed by atoms with Crippen LogP contribution in [0, 0.1) is 34.5 Å². The Balaban J connectivity index is 1.73. The van der Waals surface area contributed by atoms with E-state index in [4.69, 9.17) is 18.9 Å². The molecule has 0 aromatic rings. The van der Waals surface area contributed by atoms with Crippen molar-refractivity contribution >= 4 is 23.9 Å². The average molecular weight is 493 g/mol. The second-order valence-corrected chi connectivity index (χ2v) is 11.8. The molecule has 4 rings (SSSR count). The van der Waals surface area contributed by atoms with E-state index < -0.39 is 11.5 Å². The summed E-state index contributed by atoms with van der Waals surface area (Å²) in [6.07, 6.45) is 4.17. The van der Waals surface area contributed by atoms with Crippen molar-refractivity contribution in [2.45, 2.75) is 111 Å². The molecule has 196 valence electrons. The van der Waals surface area contributed by atoms with Gasteiger partial charge in [0.05, 0.1) is 0 Å². The van der Waals surface area contributed by atoms with E-state index in [9.17, 15) is 19.2 Å². The number of hydrogen-bond acceptors (Lipinski definition) is 8. The third-order valence-corrected chi connectivity index (χ3v) is 9.87. The predicted octanol–water partition coefficient (Wildman–Crippen LogP) is 3.98. The second-order valence-electron chi connectivity index (χ2n) is 11.8. The number of rotatable bonds is 4. The molecule has 4 aliphatic carbocycles. The number of ether oxygens (including phenoxy) is 4. The van der Waals surface area contributed by atoms with Gasteiger partial charge >= 0.3 is 23.9 Å². The van der Waals surface area contributed by atoms with Crippen LogP contribution in [0.5, 0.6) is 0 Å². The lowest BCUT2D eigenvalue weighted by molar-refractivity contribution is -0.229. The first-order valence-electron chi connectivity index (χ1n) is 13.0. The number of carbonyl (C=O) groups excluding carboxylic acids is 4. The molecule has 0 saturated heterocycles. The first kappa shape index (κ1) is 26.0. The smallest absolute Gasteiger partial charge is 0.302 e. The summed E-state index contributed by atoms with van der Waals surface area (Å²) in [6, 6.07) is 0. The maximum atomic E-state index is 12.2. The summed E-state index contributed by atoms with van der Waals surface area (Å²) < 4.78 is 23.3. The van der Waals surface area contributed by atoms with E-state index in [1.54, 1.807) is 0 Å². The van der Waals surface area contributed by atoms with Gasteiger partial charge in [-0.25, -0.2) is 0 Å². The molecule has 35 heavy (non-hydrogen) atoms. The summed E-state index contributed by atoms with van der Waals surface area (Å²) in [5.41, 5.74) is -0.605. The number of carbonyl (C=O) groups is 4. The van der Waals surface area contributed by atoms with Crippen LogP contribution in [0.1, 0.15) is 86.5 Å². The lowest BCUT2D eigenvalue weighted by Crippen LogP contribution is -2.64. The maximum absolute atomic E-state index is 12.2. The van der Waals surface area contributed by atoms with Gasteiger partial charge in [0.1, 0.15) is 24.4 Å². The van der Waals surface area contributed by atoms with E-state index in [0.29, 0.717) is 12.8 Å². The average Bonchev–Trinajstić information content (AvgIpc) is 3.05. The van der Waals surface area contributed by atoms with E-state index in [1.807, 2.05) is 0 Å². The van der Waals surface area contributed by atoms with Gasteiger partial charge in [-0.1, -0.05) is 13.8 Å².